The highest BCUT2D eigenvalue weighted by molar-refractivity contribution is 7.17. The molecule has 0 radical (unpaired) electrons. The summed E-state index contributed by atoms with van der Waals surface area (Å²) in [7, 11) is 0. The molecule has 3 aromatic rings. The van der Waals surface area contributed by atoms with Gasteiger partial charge in [0.2, 0.25) is 0 Å². The van der Waals surface area contributed by atoms with Crippen LogP contribution in [-0.4, -0.2) is 60.8 Å². The van der Waals surface area contributed by atoms with Gasteiger partial charge in [0.05, 0.1) is 30.5 Å². The molecule has 1 amide bonds. The van der Waals surface area contributed by atoms with Crippen LogP contribution in [0.15, 0.2) is 54.6 Å². The number of aliphatic hydroxyl groups is 1. The van der Waals surface area contributed by atoms with Crippen LogP contribution in [0.25, 0.3) is 5.76 Å². The summed E-state index contributed by atoms with van der Waals surface area (Å²) < 4.78 is 27.9. The van der Waals surface area contributed by atoms with E-state index in [0.29, 0.717) is 60.7 Å². The molecule has 43 heavy (non-hydrogen) atoms. The quantitative estimate of drug-likeness (QED) is 0.111. The first-order valence-electron chi connectivity index (χ1n) is 13.6. The van der Waals surface area contributed by atoms with Gasteiger partial charge in [-0.05, 0) is 56.7 Å². The van der Waals surface area contributed by atoms with Gasteiger partial charge in [0, 0.05) is 5.56 Å². The molecule has 0 bridgehead atoms. The zero-order valence-electron chi connectivity index (χ0n) is 23.9. The molecule has 3 heterocycles. The van der Waals surface area contributed by atoms with Crippen LogP contribution in [0.2, 0.25) is 0 Å². The number of rotatable bonds is 10. The number of ether oxygens (including phenoxy) is 5. The van der Waals surface area contributed by atoms with E-state index >= 15 is 0 Å². The third-order valence-electron chi connectivity index (χ3n) is 6.65. The Morgan fingerprint density at radius 1 is 1.09 bits per heavy atom. The fourth-order valence-electron chi connectivity index (χ4n) is 4.80. The average Bonchev–Trinajstić information content (AvgIpc) is 3.52. The molecule has 0 unspecified atom stereocenters. The predicted molar refractivity (Wildman–Crippen MR) is 158 cm³/mol. The molecular formula is C31H30N2O9S. The minimum atomic E-state index is -1.12. The molecule has 5 rings (SSSR count). The van der Waals surface area contributed by atoms with E-state index in [4.69, 9.17) is 23.7 Å². The number of Topliss-reactive ketones (excluding diaryl/α,β-unsaturated/α-hetero) is 1. The second-order valence-electron chi connectivity index (χ2n) is 9.40. The molecule has 1 aromatic heterocycles. The third-order valence-corrected chi connectivity index (χ3v) is 7.79. The number of aliphatic hydroxyl groups excluding tert-OH is 1. The van der Waals surface area contributed by atoms with E-state index in [0.717, 1.165) is 11.3 Å². The normalized spacial score (nSPS) is 17.1. The maximum absolute atomic E-state index is 13.7. The molecule has 1 atom stereocenters. The zero-order valence-corrected chi connectivity index (χ0v) is 24.7. The fourth-order valence-corrected chi connectivity index (χ4v) is 5.79. The fraction of sp³-hybridized carbons (Fsp3) is 0.290. The Labute approximate surface area is 251 Å². The summed E-state index contributed by atoms with van der Waals surface area (Å²) in [5.74, 6) is -1.10. The summed E-state index contributed by atoms with van der Waals surface area (Å²) in [4.78, 5) is 45.8. The van der Waals surface area contributed by atoms with E-state index in [-0.39, 0.29) is 27.8 Å². The average molecular weight is 607 g/mol. The minimum Gasteiger partial charge on any atom is -0.507 e. The molecule has 0 saturated carbocycles. The molecule has 1 saturated heterocycles. The lowest BCUT2D eigenvalue weighted by atomic mass is 9.95. The van der Waals surface area contributed by atoms with Gasteiger partial charge in [-0.1, -0.05) is 30.1 Å². The van der Waals surface area contributed by atoms with E-state index in [2.05, 4.69) is 11.6 Å². The number of hydrogen-bond donors (Lipinski definition) is 1. The molecule has 2 aliphatic rings. The Balaban J connectivity index is 1.68. The number of carbonyl (C=O) groups is 3. The number of esters is 1. The van der Waals surface area contributed by atoms with Crippen molar-refractivity contribution in [3.05, 3.63) is 76.3 Å². The molecule has 0 spiro atoms. The molecule has 2 aliphatic heterocycles. The number of aromatic nitrogens is 1. The topological polar surface area (TPSA) is 134 Å². The largest absolute Gasteiger partial charge is 0.507 e. The Hall–Kier alpha value is -4.84. The van der Waals surface area contributed by atoms with Crippen molar-refractivity contribution in [2.75, 3.05) is 37.9 Å². The number of benzene rings is 2. The molecule has 1 fully saturated rings. The Kier molecular flexibility index (Phi) is 8.67. The first kappa shape index (κ1) is 29.6. The van der Waals surface area contributed by atoms with Crippen molar-refractivity contribution >= 4 is 39.9 Å². The van der Waals surface area contributed by atoms with Crippen molar-refractivity contribution in [3.8, 4) is 23.0 Å². The number of aryl methyl sites for hydroxylation is 1. The van der Waals surface area contributed by atoms with Gasteiger partial charge in [-0.3, -0.25) is 14.5 Å². The third kappa shape index (κ3) is 5.65. The van der Waals surface area contributed by atoms with E-state index in [1.165, 1.54) is 11.0 Å². The minimum absolute atomic E-state index is 0.00205. The molecule has 0 aliphatic carbocycles. The Morgan fingerprint density at radius 3 is 2.53 bits per heavy atom. The highest BCUT2D eigenvalue weighted by Gasteiger charge is 2.48. The predicted octanol–water partition coefficient (Wildman–Crippen LogP) is 4.99. The van der Waals surface area contributed by atoms with Crippen molar-refractivity contribution in [3.63, 3.8) is 0 Å². The van der Waals surface area contributed by atoms with Crippen molar-refractivity contribution < 1.29 is 43.2 Å². The van der Waals surface area contributed by atoms with Crippen LogP contribution < -0.4 is 23.8 Å². The maximum atomic E-state index is 13.7. The second-order valence-corrected chi connectivity index (χ2v) is 10.4. The van der Waals surface area contributed by atoms with Gasteiger partial charge in [0.1, 0.15) is 30.5 Å². The van der Waals surface area contributed by atoms with Crippen LogP contribution in [0.5, 0.6) is 23.0 Å². The van der Waals surface area contributed by atoms with Crippen LogP contribution in [-0.2, 0) is 14.3 Å². The molecular weight excluding hydrogens is 576 g/mol. The summed E-state index contributed by atoms with van der Waals surface area (Å²) >= 11 is 0.910. The Bertz CT molecular complexity index is 1630. The summed E-state index contributed by atoms with van der Waals surface area (Å²) in [5, 5.41) is 11.7. The van der Waals surface area contributed by atoms with Crippen molar-refractivity contribution in [2.45, 2.75) is 26.8 Å². The van der Waals surface area contributed by atoms with Gasteiger partial charge in [-0.2, -0.15) is 0 Å². The lowest BCUT2D eigenvalue weighted by Gasteiger charge is -2.24. The van der Waals surface area contributed by atoms with Gasteiger partial charge < -0.3 is 28.8 Å². The van der Waals surface area contributed by atoms with Crippen LogP contribution >= 0.6 is 11.3 Å². The number of carbonyl (C=O) groups excluding carboxylic acids is 3. The van der Waals surface area contributed by atoms with Crippen molar-refractivity contribution in [2.24, 2.45) is 0 Å². The molecule has 224 valence electrons. The maximum Gasteiger partial charge on any atom is 0.350 e. The van der Waals surface area contributed by atoms with Crippen LogP contribution in [0.3, 0.4) is 0 Å². The van der Waals surface area contributed by atoms with Gasteiger partial charge in [0.25, 0.3) is 5.78 Å². The number of anilines is 1. The first-order chi connectivity index (χ1) is 20.8. The molecule has 2 aromatic carbocycles. The Morgan fingerprint density at radius 2 is 1.81 bits per heavy atom. The van der Waals surface area contributed by atoms with Crippen molar-refractivity contribution in [1.29, 1.82) is 0 Å². The number of amides is 1. The van der Waals surface area contributed by atoms with Gasteiger partial charge >= 0.3 is 11.9 Å². The van der Waals surface area contributed by atoms with E-state index in [9.17, 15) is 19.5 Å². The number of nitrogens with zero attached hydrogens (tertiary/aromatic N) is 2. The van der Waals surface area contributed by atoms with Gasteiger partial charge in [-0.25, -0.2) is 9.78 Å². The smallest absolute Gasteiger partial charge is 0.350 e. The standard InChI is InChI=1S/C31H30N2O9S/c1-5-12-42-30(37)28-17(4)32-31(43-28)33-25(18-8-10-20(38-6-2)22(15-18)39-7-3)24(27(35)29(33)36)26(34)19-9-11-21-23(16-19)41-14-13-40-21/h5,8-11,15-16,25,34H,1,6-7,12-14H2,2-4H3/t25-/m0/s1. The summed E-state index contributed by atoms with van der Waals surface area (Å²) in [5.41, 5.74) is 0.862. The summed E-state index contributed by atoms with van der Waals surface area (Å²) in [6.45, 7) is 10.3. The number of fused-ring (bicyclic) bond motifs is 1. The van der Waals surface area contributed by atoms with Crippen molar-refractivity contribution in [1.82, 2.24) is 4.98 Å². The monoisotopic (exact) mass is 606 g/mol. The van der Waals surface area contributed by atoms with Crippen LogP contribution in [0.1, 0.15) is 46.4 Å². The molecule has 1 N–H and O–H groups in total. The lowest BCUT2D eigenvalue weighted by Crippen LogP contribution is -2.29. The van der Waals surface area contributed by atoms with E-state index < -0.39 is 29.5 Å². The van der Waals surface area contributed by atoms with Crippen LogP contribution in [0.4, 0.5) is 5.13 Å². The molecule has 11 nitrogen and oxygen atoms in total. The number of thiazole rings is 1. The highest BCUT2D eigenvalue weighted by Crippen LogP contribution is 2.46. The van der Waals surface area contributed by atoms with E-state index in [1.54, 1.807) is 43.3 Å². The first-order valence-corrected chi connectivity index (χ1v) is 14.5. The lowest BCUT2D eigenvalue weighted by molar-refractivity contribution is -0.132. The zero-order chi connectivity index (χ0) is 30.7. The van der Waals surface area contributed by atoms with Gasteiger partial charge in [0.15, 0.2) is 28.1 Å². The van der Waals surface area contributed by atoms with Crippen LogP contribution in [0, 0.1) is 6.92 Å². The number of ketones is 1. The summed E-state index contributed by atoms with van der Waals surface area (Å²) in [6, 6.07) is 8.68. The second kappa shape index (κ2) is 12.6. The van der Waals surface area contributed by atoms with Gasteiger partial charge in [-0.15, -0.1) is 0 Å². The molecule has 12 heteroatoms. The SMILES string of the molecule is C=CCOC(=O)c1sc(N2C(=O)C(=O)C(=C(O)c3ccc4c(c3)OCCO4)[C@@H]2c2ccc(OCC)c(OCC)c2)nc1C. The summed E-state index contributed by atoms with van der Waals surface area (Å²) in [6.07, 6.45) is 1.44. The highest BCUT2D eigenvalue weighted by atomic mass is 32.1. The number of hydrogen-bond acceptors (Lipinski definition) is 11. The van der Waals surface area contributed by atoms with E-state index in [1.807, 2.05) is 13.8 Å².